The lowest BCUT2D eigenvalue weighted by atomic mass is 10.3. The minimum Gasteiger partial charge on any atom is -0.457 e. The molecule has 2 aromatic carbocycles. The summed E-state index contributed by atoms with van der Waals surface area (Å²) in [6, 6.07) is 16.9. The van der Waals surface area contributed by atoms with Crippen molar-refractivity contribution in [2.24, 2.45) is 0 Å². The van der Waals surface area contributed by atoms with Crippen molar-refractivity contribution in [3.05, 3.63) is 66.6 Å². The van der Waals surface area contributed by atoms with Crippen molar-refractivity contribution < 1.29 is 14.0 Å². The molecule has 0 unspecified atom stereocenters. The third-order valence-electron chi connectivity index (χ3n) is 3.43. The van der Waals surface area contributed by atoms with Crippen molar-refractivity contribution in [2.75, 3.05) is 0 Å². The fourth-order valence-electron chi connectivity index (χ4n) is 2.28. The van der Waals surface area contributed by atoms with Crippen molar-refractivity contribution in [2.45, 2.75) is 6.92 Å². The van der Waals surface area contributed by atoms with E-state index in [-0.39, 0.29) is 0 Å². The summed E-state index contributed by atoms with van der Waals surface area (Å²) in [5, 5.41) is 4.55. The molecular formula is C18H13N3O3. The van der Waals surface area contributed by atoms with Crippen molar-refractivity contribution in [3.8, 4) is 23.1 Å². The topological polar surface area (TPSA) is 70.3 Å². The van der Waals surface area contributed by atoms with Gasteiger partial charge in [0.25, 0.3) is 5.71 Å². The summed E-state index contributed by atoms with van der Waals surface area (Å²) in [4.78, 5) is 8.19. The van der Waals surface area contributed by atoms with Gasteiger partial charge in [-0.2, -0.15) is 4.98 Å². The van der Waals surface area contributed by atoms with Crippen LogP contribution in [-0.2, 0) is 0 Å². The van der Waals surface area contributed by atoms with Crippen LogP contribution in [0.5, 0.6) is 23.1 Å². The van der Waals surface area contributed by atoms with Crippen LogP contribution in [0.2, 0.25) is 0 Å². The zero-order valence-corrected chi connectivity index (χ0v) is 12.8. The van der Waals surface area contributed by atoms with Gasteiger partial charge < -0.3 is 14.0 Å². The summed E-state index contributed by atoms with van der Waals surface area (Å²) in [5.74, 6) is 2.55. The molecule has 0 aliphatic carbocycles. The molecule has 0 N–H and O–H groups in total. The van der Waals surface area contributed by atoms with Gasteiger partial charge in [-0.3, -0.25) is 0 Å². The number of para-hydroxylation sites is 1. The lowest BCUT2D eigenvalue weighted by molar-refractivity contribution is 0.440. The lowest BCUT2D eigenvalue weighted by Gasteiger charge is -2.08. The second kappa shape index (κ2) is 6.00. The highest BCUT2D eigenvalue weighted by atomic mass is 16.5. The molecule has 0 aliphatic heterocycles. The fraction of sp³-hybridized carbons (Fsp3) is 0.0556. The van der Waals surface area contributed by atoms with Crippen molar-refractivity contribution in [1.29, 1.82) is 0 Å². The first-order valence-electron chi connectivity index (χ1n) is 7.37. The van der Waals surface area contributed by atoms with Gasteiger partial charge in [0.2, 0.25) is 5.88 Å². The molecule has 2 heterocycles. The maximum Gasteiger partial charge on any atom is 0.264 e. The molecule has 6 nitrogen and oxygen atoms in total. The Morgan fingerprint density at radius 2 is 1.46 bits per heavy atom. The summed E-state index contributed by atoms with van der Waals surface area (Å²) < 4.78 is 16.7. The van der Waals surface area contributed by atoms with Gasteiger partial charge in [-0.05, 0) is 43.3 Å². The molecule has 2 aromatic heterocycles. The average molecular weight is 319 g/mol. The Morgan fingerprint density at radius 3 is 2.21 bits per heavy atom. The van der Waals surface area contributed by atoms with E-state index in [2.05, 4.69) is 15.1 Å². The number of aromatic nitrogens is 3. The summed E-state index contributed by atoms with van der Waals surface area (Å²) in [6.45, 7) is 1.82. The molecule has 0 radical (unpaired) electrons. The van der Waals surface area contributed by atoms with Crippen LogP contribution in [0.15, 0.2) is 65.4 Å². The third kappa shape index (κ3) is 2.77. The van der Waals surface area contributed by atoms with Gasteiger partial charge in [0, 0.05) is 0 Å². The largest absolute Gasteiger partial charge is 0.457 e. The molecule has 0 bridgehead atoms. The number of nitrogens with zero attached hydrogens (tertiary/aromatic N) is 3. The predicted octanol–water partition coefficient (Wildman–Crippen LogP) is 4.51. The van der Waals surface area contributed by atoms with Gasteiger partial charge >= 0.3 is 0 Å². The van der Waals surface area contributed by atoms with Crippen LogP contribution in [0, 0.1) is 6.92 Å². The number of rotatable bonds is 4. The van der Waals surface area contributed by atoms with E-state index in [9.17, 15) is 0 Å². The lowest BCUT2D eigenvalue weighted by Crippen LogP contribution is -1.91. The van der Waals surface area contributed by atoms with E-state index < -0.39 is 0 Å². The Kier molecular flexibility index (Phi) is 3.55. The predicted molar refractivity (Wildman–Crippen MR) is 87.4 cm³/mol. The molecule has 0 saturated heterocycles. The Balaban J connectivity index is 1.56. The molecule has 0 fully saturated rings. The van der Waals surface area contributed by atoms with Crippen LogP contribution >= 0.6 is 0 Å². The monoisotopic (exact) mass is 319 g/mol. The van der Waals surface area contributed by atoms with E-state index in [1.54, 1.807) is 0 Å². The van der Waals surface area contributed by atoms with Gasteiger partial charge in [0.05, 0.1) is 5.69 Å². The zero-order chi connectivity index (χ0) is 16.4. The average Bonchev–Trinajstić information content (AvgIpc) is 3.00. The molecule has 0 amide bonds. The Labute approximate surface area is 137 Å². The minimum atomic E-state index is 0.404. The maximum absolute atomic E-state index is 5.83. The van der Waals surface area contributed by atoms with Gasteiger partial charge in [-0.1, -0.05) is 23.4 Å². The van der Waals surface area contributed by atoms with E-state index in [1.165, 1.54) is 6.33 Å². The SMILES string of the molecule is Cc1noc2ncnc(Oc3ccc(Oc4ccccc4)cc3)c12. The second-order valence-electron chi connectivity index (χ2n) is 5.12. The number of hydrogen-bond donors (Lipinski definition) is 0. The number of fused-ring (bicyclic) bond motifs is 1. The van der Waals surface area contributed by atoms with Crippen LogP contribution in [0.4, 0.5) is 0 Å². The highest BCUT2D eigenvalue weighted by Crippen LogP contribution is 2.30. The number of benzene rings is 2. The third-order valence-corrected chi connectivity index (χ3v) is 3.43. The van der Waals surface area contributed by atoms with Gasteiger partial charge in [-0.15, -0.1) is 0 Å². The zero-order valence-electron chi connectivity index (χ0n) is 12.8. The van der Waals surface area contributed by atoms with E-state index in [0.717, 1.165) is 11.5 Å². The molecule has 118 valence electrons. The normalized spacial score (nSPS) is 10.7. The van der Waals surface area contributed by atoms with Gasteiger partial charge in [0.1, 0.15) is 29.0 Å². The van der Waals surface area contributed by atoms with Crippen molar-refractivity contribution in [1.82, 2.24) is 15.1 Å². The van der Waals surface area contributed by atoms with E-state index >= 15 is 0 Å². The van der Waals surface area contributed by atoms with E-state index in [0.29, 0.717) is 28.4 Å². The van der Waals surface area contributed by atoms with Crippen LogP contribution in [0.3, 0.4) is 0 Å². The molecule has 24 heavy (non-hydrogen) atoms. The summed E-state index contributed by atoms with van der Waals surface area (Å²) >= 11 is 0. The second-order valence-corrected chi connectivity index (χ2v) is 5.12. The van der Waals surface area contributed by atoms with E-state index in [1.807, 2.05) is 61.5 Å². The number of aryl methyl sites for hydroxylation is 1. The first-order valence-corrected chi connectivity index (χ1v) is 7.37. The molecule has 0 aliphatic rings. The standard InChI is InChI=1S/C18H13N3O3/c1-12-16-17(19-11-20-18(16)24-21-12)23-15-9-7-14(8-10-15)22-13-5-3-2-4-6-13/h2-11H,1H3. The van der Waals surface area contributed by atoms with E-state index in [4.69, 9.17) is 14.0 Å². The van der Waals surface area contributed by atoms with Crippen molar-refractivity contribution in [3.63, 3.8) is 0 Å². The first kappa shape index (κ1) is 14.2. The van der Waals surface area contributed by atoms with Gasteiger partial charge in [0.15, 0.2) is 0 Å². The quantitative estimate of drug-likeness (QED) is 0.551. The van der Waals surface area contributed by atoms with Crippen molar-refractivity contribution >= 4 is 11.1 Å². The Bertz CT molecular complexity index is 966. The Morgan fingerprint density at radius 1 is 0.792 bits per heavy atom. The molecule has 0 spiro atoms. The Hall–Kier alpha value is -3.41. The highest BCUT2D eigenvalue weighted by Gasteiger charge is 2.13. The summed E-state index contributed by atoms with van der Waals surface area (Å²) in [7, 11) is 0. The smallest absolute Gasteiger partial charge is 0.264 e. The molecular weight excluding hydrogens is 306 g/mol. The molecule has 4 rings (SSSR count). The summed E-state index contributed by atoms with van der Waals surface area (Å²) in [5.41, 5.74) is 1.09. The molecule has 0 atom stereocenters. The van der Waals surface area contributed by atoms with Crippen LogP contribution in [0.1, 0.15) is 5.69 Å². The molecule has 0 saturated carbocycles. The first-order chi connectivity index (χ1) is 11.8. The molecule has 6 heteroatoms. The fourth-order valence-corrected chi connectivity index (χ4v) is 2.28. The van der Waals surface area contributed by atoms with Crippen LogP contribution < -0.4 is 9.47 Å². The molecule has 4 aromatic rings. The van der Waals surface area contributed by atoms with Gasteiger partial charge in [-0.25, -0.2) is 4.98 Å². The maximum atomic E-state index is 5.83. The summed E-state index contributed by atoms with van der Waals surface area (Å²) in [6.07, 6.45) is 1.38. The number of ether oxygens (including phenoxy) is 2. The minimum absolute atomic E-state index is 0.404. The van der Waals surface area contributed by atoms with Crippen LogP contribution in [0.25, 0.3) is 11.1 Å². The highest BCUT2D eigenvalue weighted by molar-refractivity contribution is 5.81. The number of hydrogen-bond acceptors (Lipinski definition) is 6. The van der Waals surface area contributed by atoms with Crippen LogP contribution in [-0.4, -0.2) is 15.1 Å².